The first-order valence-corrected chi connectivity index (χ1v) is 8.44. The van der Waals surface area contributed by atoms with Crippen molar-refractivity contribution in [2.24, 2.45) is 0 Å². The number of carbonyl (C=O) groups excluding carboxylic acids is 1. The molecule has 130 valence electrons. The lowest BCUT2D eigenvalue weighted by Crippen LogP contribution is -2.17. The second-order valence-electron chi connectivity index (χ2n) is 5.51. The third-order valence-corrected chi connectivity index (χ3v) is 4.31. The molecule has 0 bridgehead atoms. The number of nitriles is 1. The van der Waals surface area contributed by atoms with E-state index in [9.17, 15) is 4.79 Å². The van der Waals surface area contributed by atoms with Gasteiger partial charge in [-0.3, -0.25) is 0 Å². The molecular weight excluding hydrogens is 373 g/mol. The summed E-state index contributed by atoms with van der Waals surface area (Å²) in [6.45, 7) is 0.351. The number of aromatic nitrogens is 2. The molecule has 1 unspecified atom stereocenters. The van der Waals surface area contributed by atoms with Crippen molar-refractivity contribution in [1.29, 1.82) is 5.26 Å². The van der Waals surface area contributed by atoms with Gasteiger partial charge in [-0.25, -0.2) is 9.78 Å². The first kappa shape index (κ1) is 18.0. The number of ether oxygens (including phenoxy) is 1. The highest BCUT2D eigenvalue weighted by Crippen LogP contribution is 2.30. The fourth-order valence-corrected chi connectivity index (χ4v) is 2.96. The maximum absolute atomic E-state index is 12.5. The lowest BCUT2D eigenvalue weighted by molar-refractivity contribution is 0.0255. The van der Waals surface area contributed by atoms with Gasteiger partial charge >= 0.3 is 5.97 Å². The number of rotatable bonds is 5. The molecule has 7 heteroatoms. The molecule has 0 aliphatic carbocycles. The largest absolute Gasteiger partial charge is 0.452 e. The molecule has 0 N–H and O–H groups in total. The third kappa shape index (κ3) is 4.23. The molecule has 0 spiro atoms. The summed E-state index contributed by atoms with van der Waals surface area (Å²) in [5, 5.41) is 9.77. The topological polar surface area (TPSA) is 67.9 Å². The summed E-state index contributed by atoms with van der Waals surface area (Å²) in [5.41, 5.74) is 1.47. The Labute approximate surface area is 160 Å². The molecule has 3 rings (SSSR count). The summed E-state index contributed by atoms with van der Waals surface area (Å²) in [6.07, 6.45) is 4.42. The predicted molar refractivity (Wildman–Crippen MR) is 98.0 cm³/mol. The number of esters is 1. The average Bonchev–Trinajstić information content (AvgIpc) is 3.14. The highest BCUT2D eigenvalue weighted by molar-refractivity contribution is 6.35. The molecule has 0 radical (unpaired) electrons. The van der Waals surface area contributed by atoms with Gasteiger partial charge in [-0.2, -0.15) is 5.26 Å². The zero-order valence-electron chi connectivity index (χ0n) is 13.5. The van der Waals surface area contributed by atoms with Crippen LogP contribution < -0.4 is 0 Å². The Kier molecular flexibility index (Phi) is 5.57. The van der Waals surface area contributed by atoms with Gasteiger partial charge in [0, 0.05) is 28.0 Å². The SMILES string of the molecule is N#Cc1ccc(C(=O)OC(Cn2ccnc2)c2ccc(Cl)cc2Cl)cc1. The fourth-order valence-electron chi connectivity index (χ4n) is 2.43. The van der Waals surface area contributed by atoms with Gasteiger partial charge in [-0.15, -0.1) is 0 Å². The fraction of sp³-hybridized carbons (Fsp3) is 0.105. The maximum Gasteiger partial charge on any atom is 0.338 e. The van der Waals surface area contributed by atoms with E-state index in [0.717, 1.165) is 0 Å². The minimum Gasteiger partial charge on any atom is -0.452 e. The van der Waals surface area contributed by atoms with E-state index in [1.54, 1.807) is 65.8 Å². The molecule has 1 atom stereocenters. The number of imidazole rings is 1. The van der Waals surface area contributed by atoms with Crippen molar-refractivity contribution in [1.82, 2.24) is 9.55 Å². The van der Waals surface area contributed by atoms with E-state index >= 15 is 0 Å². The maximum atomic E-state index is 12.5. The van der Waals surface area contributed by atoms with Crippen molar-refractivity contribution in [3.05, 3.63) is 87.9 Å². The molecule has 0 fully saturated rings. The number of halogens is 2. The molecule has 5 nitrogen and oxygen atoms in total. The van der Waals surface area contributed by atoms with Crippen LogP contribution in [0.1, 0.15) is 27.6 Å². The Hall–Kier alpha value is -2.81. The van der Waals surface area contributed by atoms with E-state index < -0.39 is 12.1 Å². The Balaban J connectivity index is 1.87. The lowest BCUT2D eigenvalue weighted by atomic mass is 10.1. The Bertz CT molecular complexity index is 948. The van der Waals surface area contributed by atoms with E-state index in [-0.39, 0.29) is 0 Å². The quantitative estimate of drug-likeness (QED) is 0.598. The van der Waals surface area contributed by atoms with Crippen molar-refractivity contribution in [2.45, 2.75) is 12.6 Å². The van der Waals surface area contributed by atoms with E-state index in [1.807, 2.05) is 6.07 Å². The first-order valence-electron chi connectivity index (χ1n) is 7.68. The zero-order valence-corrected chi connectivity index (χ0v) is 15.0. The van der Waals surface area contributed by atoms with Crippen molar-refractivity contribution in [2.75, 3.05) is 0 Å². The van der Waals surface area contributed by atoms with Crippen LogP contribution in [0.2, 0.25) is 10.0 Å². The molecule has 0 saturated heterocycles. The van der Waals surface area contributed by atoms with Gasteiger partial charge in [0.25, 0.3) is 0 Å². The Morgan fingerprint density at radius 3 is 2.62 bits per heavy atom. The normalized spacial score (nSPS) is 11.6. The minimum absolute atomic E-state index is 0.351. The van der Waals surface area contributed by atoms with Crippen molar-refractivity contribution < 1.29 is 9.53 Å². The number of nitrogens with zero attached hydrogens (tertiary/aromatic N) is 3. The molecule has 26 heavy (non-hydrogen) atoms. The zero-order chi connectivity index (χ0) is 18.5. The second kappa shape index (κ2) is 8.05. The molecule has 0 aliphatic heterocycles. The van der Waals surface area contributed by atoms with E-state index in [2.05, 4.69) is 4.98 Å². The molecular formula is C19H13Cl2N3O2. The van der Waals surface area contributed by atoms with Gasteiger partial charge in [-0.05, 0) is 36.4 Å². The molecule has 1 aromatic heterocycles. The van der Waals surface area contributed by atoms with Crippen LogP contribution in [0, 0.1) is 11.3 Å². The highest BCUT2D eigenvalue weighted by atomic mass is 35.5. The number of benzene rings is 2. The lowest BCUT2D eigenvalue weighted by Gasteiger charge is -2.20. The summed E-state index contributed by atoms with van der Waals surface area (Å²) in [4.78, 5) is 16.5. The standard InChI is InChI=1S/C19H13Cl2N3O2/c20-15-5-6-16(17(21)9-15)18(11-24-8-7-23-12-24)26-19(25)14-3-1-13(10-22)2-4-14/h1-9,12,18H,11H2. The van der Waals surface area contributed by atoms with Gasteiger partial charge < -0.3 is 9.30 Å². The molecule has 2 aromatic carbocycles. The van der Waals surface area contributed by atoms with Crippen LogP contribution in [0.15, 0.2) is 61.2 Å². The van der Waals surface area contributed by atoms with Crippen molar-refractivity contribution in [3.8, 4) is 6.07 Å². The molecule has 0 amide bonds. The summed E-state index contributed by atoms with van der Waals surface area (Å²) in [6, 6.07) is 13.3. The molecule has 0 saturated carbocycles. The van der Waals surface area contributed by atoms with E-state index in [0.29, 0.717) is 33.3 Å². The van der Waals surface area contributed by atoms with Crippen molar-refractivity contribution in [3.63, 3.8) is 0 Å². The van der Waals surface area contributed by atoms with Gasteiger partial charge in [0.1, 0.15) is 6.10 Å². The van der Waals surface area contributed by atoms with Gasteiger partial charge in [0.15, 0.2) is 0 Å². The highest BCUT2D eigenvalue weighted by Gasteiger charge is 2.21. The van der Waals surface area contributed by atoms with E-state index in [1.165, 1.54) is 0 Å². The Morgan fingerprint density at radius 2 is 2.00 bits per heavy atom. The molecule has 3 aromatic rings. The minimum atomic E-state index is -0.628. The monoisotopic (exact) mass is 385 g/mol. The average molecular weight is 386 g/mol. The van der Waals surface area contributed by atoms with Crippen LogP contribution in [0.5, 0.6) is 0 Å². The number of hydrogen-bond acceptors (Lipinski definition) is 4. The summed E-state index contributed by atoms with van der Waals surface area (Å²) in [5.74, 6) is -0.509. The molecule has 0 aliphatic rings. The van der Waals surface area contributed by atoms with Gasteiger partial charge in [0.2, 0.25) is 0 Å². The first-order chi connectivity index (χ1) is 12.6. The van der Waals surface area contributed by atoms with Crippen LogP contribution in [0.4, 0.5) is 0 Å². The van der Waals surface area contributed by atoms with Crippen LogP contribution in [-0.2, 0) is 11.3 Å². The predicted octanol–water partition coefficient (Wildman–Crippen LogP) is 4.66. The number of hydrogen-bond donors (Lipinski definition) is 0. The van der Waals surface area contributed by atoms with Crippen LogP contribution >= 0.6 is 23.2 Å². The van der Waals surface area contributed by atoms with Crippen LogP contribution in [0.3, 0.4) is 0 Å². The summed E-state index contributed by atoms with van der Waals surface area (Å²) in [7, 11) is 0. The van der Waals surface area contributed by atoms with Gasteiger partial charge in [0.05, 0.1) is 30.1 Å². The smallest absolute Gasteiger partial charge is 0.338 e. The summed E-state index contributed by atoms with van der Waals surface area (Å²) >= 11 is 12.3. The van der Waals surface area contributed by atoms with Crippen LogP contribution in [-0.4, -0.2) is 15.5 Å². The van der Waals surface area contributed by atoms with E-state index in [4.69, 9.17) is 33.2 Å². The van der Waals surface area contributed by atoms with Crippen molar-refractivity contribution >= 4 is 29.2 Å². The number of carbonyl (C=O) groups is 1. The summed E-state index contributed by atoms with van der Waals surface area (Å²) < 4.78 is 7.49. The Morgan fingerprint density at radius 1 is 1.23 bits per heavy atom. The van der Waals surface area contributed by atoms with Crippen LogP contribution in [0.25, 0.3) is 0 Å². The third-order valence-electron chi connectivity index (χ3n) is 3.74. The van der Waals surface area contributed by atoms with Gasteiger partial charge in [-0.1, -0.05) is 29.3 Å². The second-order valence-corrected chi connectivity index (χ2v) is 6.35. The molecule has 1 heterocycles.